The van der Waals surface area contributed by atoms with Crippen molar-refractivity contribution < 1.29 is 9.53 Å². The first-order valence-corrected chi connectivity index (χ1v) is 4.85. The molecule has 0 saturated carbocycles. The second-order valence-corrected chi connectivity index (χ2v) is 2.92. The van der Waals surface area contributed by atoms with E-state index >= 15 is 0 Å². The smallest absolute Gasteiger partial charge is 0.292 e. The fourth-order valence-electron chi connectivity index (χ4n) is 1.03. The molecule has 2 heteroatoms. The van der Waals surface area contributed by atoms with Gasteiger partial charge in [0.05, 0.1) is 7.11 Å². The second-order valence-electron chi connectivity index (χ2n) is 2.92. The number of unbranched alkanes of at least 4 members (excludes halogenated alkanes) is 1. The van der Waals surface area contributed by atoms with Crippen LogP contribution in [0.25, 0.3) is 0 Å². The topological polar surface area (TPSA) is 26.3 Å². The minimum atomic E-state index is 0.375. The fourth-order valence-corrected chi connectivity index (χ4v) is 1.03. The number of benzene rings is 1. The van der Waals surface area contributed by atoms with Gasteiger partial charge in [0.1, 0.15) is 0 Å². The average Bonchev–Trinajstić information content (AvgIpc) is 2.28. The maximum absolute atomic E-state index is 8.95. The van der Waals surface area contributed by atoms with Crippen LogP contribution in [0.3, 0.4) is 0 Å². The fraction of sp³-hybridized carbons (Fsp3) is 0.417. The van der Waals surface area contributed by atoms with Crippen LogP contribution in [0.15, 0.2) is 30.3 Å². The van der Waals surface area contributed by atoms with Crippen molar-refractivity contribution in [2.24, 2.45) is 0 Å². The molecule has 0 saturated heterocycles. The molecule has 0 spiro atoms. The van der Waals surface area contributed by atoms with Crippen LogP contribution in [-0.2, 0) is 16.0 Å². The average molecular weight is 194 g/mol. The minimum absolute atomic E-state index is 0.375. The Hall–Kier alpha value is -1.31. The lowest BCUT2D eigenvalue weighted by Crippen LogP contribution is -1.81. The monoisotopic (exact) mass is 194 g/mol. The number of ether oxygens (including phenoxy) is 1. The van der Waals surface area contributed by atoms with Gasteiger partial charge in [0.2, 0.25) is 0 Å². The van der Waals surface area contributed by atoms with Gasteiger partial charge >= 0.3 is 0 Å². The lowest BCUT2D eigenvalue weighted by Gasteiger charge is -1.96. The van der Waals surface area contributed by atoms with Gasteiger partial charge in [-0.2, -0.15) is 0 Å². The molecule has 0 fully saturated rings. The zero-order valence-electron chi connectivity index (χ0n) is 8.90. The third-order valence-electron chi connectivity index (χ3n) is 1.76. The van der Waals surface area contributed by atoms with Crippen LogP contribution in [0, 0.1) is 0 Å². The molecule has 1 rings (SSSR count). The molecule has 0 radical (unpaired) electrons. The summed E-state index contributed by atoms with van der Waals surface area (Å²) in [5.74, 6) is 0. The number of hydrogen-bond donors (Lipinski definition) is 0. The van der Waals surface area contributed by atoms with E-state index in [0.29, 0.717) is 6.47 Å². The van der Waals surface area contributed by atoms with Gasteiger partial charge in [0.15, 0.2) is 0 Å². The summed E-state index contributed by atoms with van der Waals surface area (Å²) >= 11 is 0. The lowest BCUT2D eigenvalue weighted by atomic mass is 10.1. The summed E-state index contributed by atoms with van der Waals surface area (Å²) in [6.07, 6.45) is 3.83. The highest BCUT2D eigenvalue weighted by Gasteiger charge is 1.87. The molecular weight excluding hydrogens is 176 g/mol. The first-order valence-electron chi connectivity index (χ1n) is 4.85. The van der Waals surface area contributed by atoms with E-state index in [4.69, 9.17) is 4.79 Å². The minimum Gasteiger partial charge on any atom is -0.471 e. The van der Waals surface area contributed by atoms with Crippen LogP contribution >= 0.6 is 0 Å². The van der Waals surface area contributed by atoms with Crippen LogP contribution in [0.5, 0.6) is 0 Å². The predicted molar refractivity (Wildman–Crippen MR) is 58.1 cm³/mol. The largest absolute Gasteiger partial charge is 0.471 e. The highest BCUT2D eigenvalue weighted by molar-refractivity contribution is 5.36. The molecule has 0 aliphatic carbocycles. The van der Waals surface area contributed by atoms with Crippen molar-refractivity contribution >= 4 is 6.47 Å². The summed E-state index contributed by atoms with van der Waals surface area (Å²) in [5, 5.41) is 0. The van der Waals surface area contributed by atoms with Gasteiger partial charge in [-0.1, -0.05) is 43.7 Å². The van der Waals surface area contributed by atoms with E-state index in [1.165, 1.54) is 31.9 Å². The maximum atomic E-state index is 8.95. The van der Waals surface area contributed by atoms with Gasteiger partial charge in [0.25, 0.3) is 6.47 Å². The van der Waals surface area contributed by atoms with Crippen molar-refractivity contribution in [1.82, 2.24) is 0 Å². The highest BCUT2D eigenvalue weighted by atomic mass is 16.5. The Balaban J connectivity index is 0.000000364. The van der Waals surface area contributed by atoms with Gasteiger partial charge in [-0.25, -0.2) is 0 Å². The molecular formula is C12H18O2. The van der Waals surface area contributed by atoms with E-state index in [9.17, 15) is 0 Å². The molecule has 0 amide bonds. The Morgan fingerprint density at radius 2 is 1.86 bits per heavy atom. The Labute approximate surface area is 85.9 Å². The molecule has 0 bridgehead atoms. The summed E-state index contributed by atoms with van der Waals surface area (Å²) in [5.41, 5.74) is 1.46. The normalized spacial score (nSPS) is 8.43. The van der Waals surface area contributed by atoms with Gasteiger partial charge in [0, 0.05) is 0 Å². The molecule has 0 aromatic heterocycles. The molecule has 0 aliphatic heterocycles. The number of aryl methyl sites for hydroxylation is 1. The Kier molecular flexibility index (Phi) is 8.86. The number of rotatable bonds is 4. The number of carbonyl (C=O) groups excluding carboxylic acids is 1. The van der Waals surface area contributed by atoms with E-state index in [-0.39, 0.29) is 0 Å². The lowest BCUT2D eigenvalue weighted by molar-refractivity contribution is -0.126. The van der Waals surface area contributed by atoms with Crippen molar-refractivity contribution in [2.45, 2.75) is 26.2 Å². The van der Waals surface area contributed by atoms with Crippen LogP contribution in [0.2, 0.25) is 0 Å². The summed E-state index contributed by atoms with van der Waals surface area (Å²) in [6.45, 7) is 2.60. The van der Waals surface area contributed by atoms with Crippen LogP contribution < -0.4 is 0 Å². The molecule has 0 aliphatic rings. The summed E-state index contributed by atoms with van der Waals surface area (Å²) in [6, 6.07) is 10.6. The Bertz CT molecular complexity index is 219. The number of hydrogen-bond acceptors (Lipinski definition) is 2. The van der Waals surface area contributed by atoms with Gasteiger partial charge < -0.3 is 4.74 Å². The van der Waals surface area contributed by atoms with Crippen LogP contribution in [0.4, 0.5) is 0 Å². The first-order chi connectivity index (χ1) is 6.85. The van der Waals surface area contributed by atoms with Crippen LogP contribution in [0.1, 0.15) is 25.3 Å². The first kappa shape index (κ1) is 12.7. The van der Waals surface area contributed by atoms with Crippen LogP contribution in [-0.4, -0.2) is 13.6 Å². The molecule has 0 heterocycles. The van der Waals surface area contributed by atoms with E-state index in [2.05, 4.69) is 42.0 Å². The number of methoxy groups -OCH3 is 1. The second kappa shape index (κ2) is 9.78. The zero-order chi connectivity index (χ0) is 10.6. The van der Waals surface area contributed by atoms with Crippen molar-refractivity contribution in [3.05, 3.63) is 35.9 Å². The molecule has 1 aromatic carbocycles. The third kappa shape index (κ3) is 7.35. The third-order valence-corrected chi connectivity index (χ3v) is 1.76. The molecule has 0 atom stereocenters. The SMILES string of the molecule is CCCCc1ccccc1.COC=O. The Morgan fingerprint density at radius 1 is 1.29 bits per heavy atom. The summed E-state index contributed by atoms with van der Waals surface area (Å²) in [7, 11) is 1.31. The van der Waals surface area contributed by atoms with E-state index < -0.39 is 0 Å². The van der Waals surface area contributed by atoms with Gasteiger partial charge in [-0.05, 0) is 18.4 Å². The van der Waals surface area contributed by atoms with Crippen molar-refractivity contribution in [3.8, 4) is 0 Å². The van der Waals surface area contributed by atoms with E-state index in [1.54, 1.807) is 0 Å². The molecule has 14 heavy (non-hydrogen) atoms. The molecule has 78 valence electrons. The van der Waals surface area contributed by atoms with Crippen molar-refractivity contribution in [3.63, 3.8) is 0 Å². The van der Waals surface area contributed by atoms with Crippen molar-refractivity contribution in [1.29, 1.82) is 0 Å². The molecule has 0 N–H and O–H groups in total. The Morgan fingerprint density at radius 3 is 2.29 bits per heavy atom. The van der Waals surface area contributed by atoms with E-state index in [0.717, 1.165) is 0 Å². The summed E-state index contributed by atoms with van der Waals surface area (Å²) < 4.78 is 3.86. The van der Waals surface area contributed by atoms with Gasteiger partial charge in [-0.3, -0.25) is 4.79 Å². The van der Waals surface area contributed by atoms with Gasteiger partial charge in [-0.15, -0.1) is 0 Å². The zero-order valence-corrected chi connectivity index (χ0v) is 8.90. The molecule has 2 nitrogen and oxygen atoms in total. The predicted octanol–water partition coefficient (Wildman–Crippen LogP) is 2.82. The van der Waals surface area contributed by atoms with E-state index in [1.807, 2.05) is 0 Å². The summed E-state index contributed by atoms with van der Waals surface area (Å²) in [4.78, 5) is 8.95. The number of carbonyl (C=O) groups is 1. The standard InChI is InChI=1S/C10H14.C2H4O2/c1-2-3-7-10-8-5-4-6-9-10;1-4-2-3/h4-6,8-9H,2-3,7H2,1H3;2H,1H3. The molecule has 0 unspecified atom stereocenters. The van der Waals surface area contributed by atoms with Crippen molar-refractivity contribution in [2.75, 3.05) is 7.11 Å². The molecule has 1 aromatic rings. The quantitative estimate of drug-likeness (QED) is 0.689. The highest BCUT2D eigenvalue weighted by Crippen LogP contribution is 2.03. The maximum Gasteiger partial charge on any atom is 0.292 e.